The smallest absolute Gasteiger partial charge is 0.0219 e. The molecule has 1 aromatic carbocycles. The van der Waals surface area contributed by atoms with Gasteiger partial charge in [0, 0.05) is 12.1 Å². The van der Waals surface area contributed by atoms with Gasteiger partial charge in [-0.2, -0.15) is 0 Å². The zero-order valence-corrected chi connectivity index (χ0v) is 9.86. The van der Waals surface area contributed by atoms with Crippen LogP contribution in [0.5, 0.6) is 0 Å². The van der Waals surface area contributed by atoms with Gasteiger partial charge in [-0.15, -0.1) is 0 Å². The van der Waals surface area contributed by atoms with Crippen molar-refractivity contribution >= 4 is 0 Å². The average molecular weight is 218 g/mol. The van der Waals surface area contributed by atoms with Gasteiger partial charge < -0.3 is 11.1 Å². The summed E-state index contributed by atoms with van der Waals surface area (Å²) in [7, 11) is 0. The van der Waals surface area contributed by atoms with Crippen LogP contribution in [0.15, 0.2) is 30.3 Å². The van der Waals surface area contributed by atoms with Crippen LogP contribution < -0.4 is 11.1 Å². The molecule has 0 bridgehead atoms. The fraction of sp³-hybridized carbons (Fsp3) is 0.571. The van der Waals surface area contributed by atoms with Crippen molar-refractivity contribution < 1.29 is 0 Å². The van der Waals surface area contributed by atoms with Crippen LogP contribution in [0.2, 0.25) is 0 Å². The van der Waals surface area contributed by atoms with Gasteiger partial charge in [-0.1, -0.05) is 43.2 Å². The number of rotatable bonds is 4. The molecule has 0 aromatic heterocycles. The Kier molecular flexibility index (Phi) is 4.37. The molecule has 1 saturated carbocycles. The molecule has 0 saturated heterocycles. The Bertz CT molecular complexity index is 297. The quantitative estimate of drug-likeness (QED) is 0.812. The summed E-state index contributed by atoms with van der Waals surface area (Å²) in [5, 5.41) is 3.59. The molecule has 2 heteroatoms. The number of hydrogen-bond acceptors (Lipinski definition) is 2. The molecule has 2 atom stereocenters. The number of nitrogens with one attached hydrogen (secondary N) is 1. The van der Waals surface area contributed by atoms with Gasteiger partial charge in [0.1, 0.15) is 0 Å². The Morgan fingerprint density at radius 1 is 1.12 bits per heavy atom. The minimum atomic E-state index is 0.365. The maximum Gasteiger partial charge on any atom is 0.0219 e. The molecule has 0 unspecified atom stereocenters. The van der Waals surface area contributed by atoms with Crippen LogP contribution in [-0.4, -0.2) is 18.6 Å². The number of benzene rings is 1. The highest BCUT2D eigenvalue weighted by Gasteiger charge is 2.20. The Morgan fingerprint density at radius 2 is 1.88 bits per heavy atom. The average Bonchev–Trinajstić information content (AvgIpc) is 2.33. The lowest BCUT2D eigenvalue weighted by Crippen LogP contribution is -2.47. The summed E-state index contributed by atoms with van der Waals surface area (Å²) in [5.41, 5.74) is 7.50. The van der Waals surface area contributed by atoms with Crippen molar-refractivity contribution in [2.24, 2.45) is 5.73 Å². The summed E-state index contributed by atoms with van der Waals surface area (Å²) < 4.78 is 0. The van der Waals surface area contributed by atoms with Gasteiger partial charge in [0.2, 0.25) is 0 Å². The zero-order valence-electron chi connectivity index (χ0n) is 9.86. The second-order valence-corrected chi connectivity index (χ2v) is 4.74. The van der Waals surface area contributed by atoms with E-state index in [1.807, 2.05) is 0 Å². The van der Waals surface area contributed by atoms with E-state index in [9.17, 15) is 0 Å². The molecule has 1 fully saturated rings. The molecule has 0 heterocycles. The summed E-state index contributed by atoms with van der Waals surface area (Å²) in [6, 6.07) is 11.5. The third-order valence-electron chi connectivity index (χ3n) is 3.48. The maximum atomic E-state index is 6.10. The standard InChI is InChI=1S/C14H22N2/c15-13-8-4-5-9-14(13)16-11-10-12-6-2-1-3-7-12/h1-3,6-7,13-14,16H,4-5,8-11,15H2/t13-,14-/m1/s1. The molecular formula is C14H22N2. The van der Waals surface area contributed by atoms with Gasteiger partial charge in [-0.3, -0.25) is 0 Å². The highest BCUT2D eigenvalue weighted by molar-refractivity contribution is 5.14. The van der Waals surface area contributed by atoms with Crippen molar-refractivity contribution in [2.45, 2.75) is 44.2 Å². The van der Waals surface area contributed by atoms with E-state index in [-0.39, 0.29) is 0 Å². The molecule has 0 amide bonds. The van der Waals surface area contributed by atoms with Gasteiger partial charge in [-0.05, 0) is 31.4 Å². The normalized spacial score (nSPS) is 25.6. The second kappa shape index (κ2) is 6.02. The maximum absolute atomic E-state index is 6.10. The van der Waals surface area contributed by atoms with Crippen LogP contribution in [0.1, 0.15) is 31.2 Å². The Morgan fingerprint density at radius 3 is 2.62 bits per heavy atom. The van der Waals surface area contributed by atoms with E-state index in [0.29, 0.717) is 12.1 Å². The summed E-state index contributed by atoms with van der Waals surface area (Å²) >= 11 is 0. The van der Waals surface area contributed by atoms with Crippen LogP contribution in [-0.2, 0) is 6.42 Å². The minimum absolute atomic E-state index is 0.365. The molecule has 1 aromatic rings. The number of nitrogens with two attached hydrogens (primary N) is 1. The van der Waals surface area contributed by atoms with Crippen molar-refractivity contribution in [3.63, 3.8) is 0 Å². The van der Waals surface area contributed by atoms with Crippen LogP contribution in [0.3, 0.4) is 0 Å². The Labute approximate surface area is 98.2 Å². The van der Waals surface area contributed by atoms with Crippen molar-refractivity contribution in [1.82, 2.24) is 5.32 Å². The molecule has 0 spiro atoms. The van der Waals surface area contributed by atoms with E-state index < -0.39 is 0 Å². The minimum Gasteiger partial charge on any atom is -0.326 e. The predicted octanol–water partition coefficient (Wildman–Crippen LogP) is 2.09. The third-order valence-corrected chi connectivity index (χ3v) is 3.48. The lowest BCUT2D eigenvalue weighted by Gasteiger charge is -2.29. The van der Waals surface area contributed by atoms with Crippen LogP contribution in [0, 0.1) is 0 Å². The number of hydrogen-bond donors (Lipinski definition) is 2. The first-order chi connectivity index (χ1) is 7.86. The van der Waals surface area contributed by atoms with Crippen molar-refractivity contribution in [1.29, 1.82) is 0 Å². The molecule has 1 aliphatic rings. The fourth-order valence-corrected chi connectivity index (χ4v) is 2.46. The second-order valence-electron chi connectivity index (χ2n) is 4.74. The molecule has 0 radical (unpaired) electrons. The van der Waals surface area contributed by atoms with Gasteiger partial charge in [-0.25, -0.2) is 0 Å². The third kappa shape index (κ3) is 3.32. The van der Waals surface area contributed by atoms with Crippen molar-refractivity contribution in [3.8, 4) is 0 Å². The SMILES string of the molecule is N[C@@H]1CCCC[C@H]1NCCc1ccccc1. The fourth-order valence-electron chi connectivity index (χ4n) is 2.46. The highest BCUT2D eigenvalue weighted by Crippen LogP contribution is 2.16. The summed E-state index contributed by atoms with van der Waals surface area (Å²) in [5.74, 6) is 0. The highest BCUT2D eigenvalue weighted by atomic mass is 14.9. The topological polar surface area (TPSA) is 38.0 Å². The molecule has 0 aliphatic heterocycles. The summed E-state index contributed by atoms with van der Waals surface area (Å²) in [6.45, 7) is 1.04. The monoisotopic (exact) mass is 218 g/mol. The van der Waals surface area contributed by atoms with Crippen LogP contribution in [0.4, 0.5) is 0 Å². The largest absolute Gasteiger partial charge is 0.326 e. The zero-order chi connectivity index (χ0) is 11.2. The van der Waals surface area contributed by atoms with Crippen molar-refractivity contribution in [3.05, 3.63) is 35.9 Å². The van der Waals surface area contributed by atoms with E-state index in [4.69, 9.17) is 5.73 Å². The summed E-state index contributed by atoms with van der Waals surface area (Å²) in [6.07, 6.45) is 6.16. The predicted molar refractivity (Wildman–Crippen MR) is 68.4 cm³/mol. The molecule has 2 rings (SSSR count). The molecule has 88 valence electrons. The van der Waals surface area contributed by atoms with Gasteiger partial charge >= 0.3 is 0 Å². The molecule has 3 N–H and O–H groups in total. The van der Waals surface area contributed by atoms with E-state index in [1.54, 1.807) is 0 Å². The lowest BCUT2D eigenvalue weighted by atomic mass is 9.91. The molecule has 16 heavy (non-hydrogen) atoms. The van der Waals surface area contributed by atoms with Gasteiger partial charge in [0.05, 0.1) is 0 Å². The van der Waals surface area contributed by atoms with Gasteiger partial charge in [0.25, 0.3) is 0 Å². The van der Waals surface area contributed by atoms with Crippen LogP contribution in [0.25, 0.3) is 0 Å². The molecule has 1 aliphatic carbocycles. The lowest BCUT2D eigenvalue weighted by molar-refractivity contribution is 0.329. The summed E-state index contributed by atoms with van der Waals surface area (Å²) in [4.78, 5) is 0. The van der Waals surface area contributed by atoms with Crippen molar-refractivity contribution in [2.75, 3.05) is 6.54 Å². The van der Waals surface area contributed by atoms with E-state index in [2.05, 4.69) is 35.6 Å². The molecule has 2 nitrogen and oxygen atoms in total. The first-order valence-corrected chi connectivity index (χ1v) is 6.39. The van der Waals surface area contributed by atoms with E-state index in [0.717, 1.165) is 13.0 Å². The first-order valence-electron chi connectivity index (χ1n) is 6.39. The Balaban J connectivity index is 1.71. The van der Waals surface area contributed by atoms with E-state index >= 15 is 0 Å². The van der Waals surface area contributed by atoms with E-state index in [1.165, 1.54) is 31.2 Å². The Hall–Kier alpha value is -0.860. The first kappa shape index (κ1) is 11.6. The van der Waals surface area contributed by atoms with Crippen LogP contribution >= 0.6 is 0 Å². The molecular weight excluding hydrogens is 196 g/mol. The van der Waals surface area contributed by atoms with Gasteiger partial charge in [0.15, 0.2) is 0 Å².